The second-order valence-electron chi connectivity index (χ2n) is 5.27. The fraction of sp³-hybridized carbons (Fsp3) is 0.429. The maximum absolute atomic E-state index is 12.5. The summed E-state index contributed by atoms with van der Waals surface area (Å²) in [5.74, 6) is -2.21. The van der Waals surface area contributed by atoms with Crippen LogP contribution < -0.4 is 4.72 Å². The highest BCUT2D eigenvalue weighted by Crippen LogP contribution is 2.22. The van der Waals surface area contributed by atoms with E-state index in [2.05, 4.69) is 9.46 Å². The van der Waals surface area contributed by atoms with Crippen molar-refractivity contribution in [1.82, 2.24) is 4.72 Å². The van der Waals surface area contributed by atoms with E-state index in [0.717, 1.165) is 13.2 Å². The van der Waals surface area contributed by atoms with Gasteiger partial charge in [-0.05, 0) is 30.5 Å². The number of carboxylic acids is 1. The number of carboxylic acid groups (broad SMARTS) is 1. The monoisotopic (exact) mass is 363 g/mol. The fourth-order valence-electron chi connectivity index (χ4n) is 1.92. The number of benzene rings is 1. The Kier molecular flexibility index (Phi) is 6.55. The van der Waals surface area contributed by atoms with Crippen molar-refractivity contribution in [2.75, 3.05) is 7.11 Å². The third-order valence-electron chi connectivity index (χ3n) is 2.94. The number of hydrogen-bond donors (Lipinski definition) is 2. The summed E-state index contributed by atoms with van der Waals surface area (Å²) in [7, 11) is -3.16. The maximum atomic E-state index is 12.5. The van der Waals surface area contributed by atoms with Gasteiger partial charge in [0.1, 0.15) is 6.04 Å². The predicted octanol–water partition coefficient (Wildman–Crippen LogP) is 1.90. The van der Waals surface area contributed by atoms with Crippen molar-refractivity contribution in [2.45, 2.75) is 31.2 Å². The average Bonchev–Trinajstić information content (AvgIpc) is 2.44. The molecule has 128 valence electrons. The Labute approximate surface area is 139 Å². The number of sulfonamides is 1. The van der Waals surface area contributed by atoms with Crippen molar-refractivity contribution in [3.63, 3.8) is 0 Å². The lowest BCUT2D eigenvalue weighted by Crippen LogP contribution is -2.42. The fourth-order valence-corrected chi connectivity index (χ4v) is 3.58. The summed E-state index contributed by atoms with van der Waals surface area (Å²) in [6.07, 6.45) is 0.0999. The third kappa shape index (κ3) is 5.19. The molecule has 2 N–H and O–H groups in total. The summed E-state index contributed by atoms with van der Waals surface area (Å²) in [5, 5.41) is 9.26. The minimum Gasteiger partial charge on any atom is -0.480 e. The van der Waals surface area contributed by atoms with Crippen LogP contribution in [0.25, 0.3) is 0 Å². The van der Waals surface area contributed by atoms with Crippen LogP contribution in [-0.4, -0.2) is 38.6 Å². The molecule has 0 fully saturated rings. The summed E-state index contributed by atoms with van der Waals surface area (Å²) in [6, 6.07) is 2.31. The molecule has 0 aliphatic carbocycles. The largest absolute Gasteiger partial charge is 0.480 e. The molecule has 7 nitrogen and oxygen atoms in total. The van der Waals surface area contributed by atoms with Crippen molar-refractivity contribution >= 4 is 33.6 Å². The smallest absolute Gasteiger partial charge is 0.339 e. The van der Waals surface area contributed by atoms with Crippen LogP contribution in [0.3, 0.4) is 0 Å². The van der Waals surface area contributed by atoms with E-state index in [9.17, 15) is 18.0 Å². The minimum absolute atomic E-state index is 0.0433. The molecule has 1 rings (SSSR count). The van der Waals surface area contributed by atoms with Gasteiger partial charge in [-0.1, -0.05) is 25.4 Å². The molecule has 1 unspecified atom stereocenters. The molecule has 1 atom stereocenters. The first kappa shape index (κ1) is 19.4. The normalized spacial score (nSPS) is 12.9. The Bertz CT molecular complexity index is 701. The van der Waals surface area contributed by atoms with E-state index < -0.39 is 32.9 Å². The van der Waals surface area contributed by atoms with E-state index in [1.807, 2.05) is 0 Å². The van der Waals surface area contributed by atoms with E-state index in [1.165, 1.54) is 12.1 Å². The number of aliphatic carboxylic acids is 1. The number of nitrogens with one attached hydrogen (secondary N) is 1. The Balaban J connectivity index is 3.29. The molecule has 1 aromatic carbocycles. The molecule has 0 aliphatic heterocycles. The van der Waals surface area contributed by atoms with Gasteiger partial charge in [-0.2, -0.15) is 4.72 Å². The van der Waals surface area contributed by atoms with Gasteiger partial charge in [0.05, 0.1) is 17.6 Å². The summed E-state index contributed by atoms with van der Waals surface area (Å²) >= 11 is 5.79. The molecule has 0 aliphatic rings. The zero-order valence-electron chi connectivity index (χ0n) is 12.9. The molecule has 1 aromatic rings. The number of carbonyl (C=O) groups is 2. The number of methoxy groups -OCH3 is 1. The van der Waals surface area contributed by atoms with Gasteiger partial charge in [0.15, 0.2) is 0 Å². The van der Waals surface area contributed by atoms with Crippen LogP contribution in [0.2, 0.25) is 5.02 Å². The van der Waals surface area contributed by atoms with Crippen LogP contribution >= 0.6 is 11.6 Å². The quantitative estimate of drug-likeness (QED) is 0.716. The van der Waals surface area contributed by atoms with E-state index in [4.69, 9.17) is 16.7 Å². The number of carbonyl (C=O) groups excluding carboxylic acids is 1. The third-order valence-corrected chi connectivity index (χ3v) is 4.69. The zero-order valence-corrected chi connectivity index (χ0v) is 14.4. The molecule has 0 saturated carbocycles. The summed E-state index contributed by atoms with van der Waals surface area (Å²) < 4.78 is 31.6. The van der Waals surface area contributed by atoms with E-state index in [-0.39, 0.29) is 22.9 Å². The molecular formula is C14H18ClNO6S. The van der Waals surface area contributed by atoms with Crippen molar-refractivity contribution in [3.05, 3.63) is 28.8 Å². The van der Waals surface area contributed by atoms with Gasteiger partial charge in [-0.25, -0.2) is 13.2 Å². The number of ether oxygens (including phenoxy) is 1. The SMILES string of the molecule is COC(=O)c1ccc(Cl)cc1S(=O)(=O)NC(CC(C)C)C(=O)O. The molecule has 23 heavy (non-hydrogen) atoms. The highest BCUT2D eigenvalue weighted by atomic mass is 35.5. The van der Waals surface area contributed by atoms with E-state index in [1.54, 1.807) is 13.8 Å². The molecule has 0 bridgehead atoms. The van der Waals surface area contributed by atoms with Crippen molar-refractivity contribution in [1.29, 1.82) is 0 Å². The minimum atomic E-state index is -4.27. The lowest BCUT2D eigenvalue weighted by atomic mass is 10.1. The molecular weight excluding hydrogens is 346 g/mol. The summed E-state index contributed by atoms with van der Waals surface area (Å²) in [4.78, 5) is 22.5. The molecule has 0 heterocycles. The predicted molar refractivity (Wildman–Crippen MR) is 84.0 cm³/mol. The van der Waals surface area contributed by atoms with Crippen LogP contribution in [0.1, 0.15) is 30.6 Å². The Morgan fingerprint density at radius 3 is 2.43 bits per heavy atom. The van der Waals surface area contributed by atoms with E-state index in [0.29, 0.717) is 0 Å². The van der Waals surface area contributed by atoms with Gasteiger partial charge in [0.2, 0.25) is 10.0 Å². The molecule has 0 aromatic heterocycles. The molecule has 0 amide bonds. The van der Waals surface area contributed by atoms with Crippen LogP contribution in [-0.2, 0) is 19.6 Å². The molecule has 0 saturated heterocycles. The number of hydrogen-bond acceptors (Lipinski definition) is 5. The first-order valence-corrected chi connectivity index (χ1v) is 8.57. The van der Waals surface area contributed by atoms with Crippen LogP contribution in [0.4, 0.5) is 0 Å². The Morgan fingerprint density at radius 1 is 1.35 bits per heavy atom. The zero-order chi connectivity index (χ0) is 17.8. The van der Waals surface area contributed by atoms with Gasteiger partial charge < -0.3 is 9.84 Å². The maximum Gasteiger partial charge on any atom is 0.339 e. The van der Waals surface area contributed by atoms with Gasteiger partial charge in [0.25, 0.3) is 0 Å². The number of halogens is 1. The summed E-state index contributed by atoms with van der Waals surface area (Å²) in [6.45, 7) is 3.53. The number of rotatable bonds is 7. The van der Waals surface area contributed by atoms with Crippen LogP contribution in [0, 0.1) is 5.92 Å². The highest BCUT2D eigenvalue weighted by molar-refractivity contribution is 7.89. The average molecular weight is 364 g/mol. The standard InChI is InChI=1S/C14H18ClNO6S/c1-8(2)6-11(13(17)18)16-23(20,21)12-7-9(15)4-5-10(12)14(19)22-3/h4-5,7-8,11,16H,6H2,1-3H3,(H,17,18). The van der Waals surface area contributed by atoms with Crippen LogP contribution in [0.15, 0.2) is 23.1 Å². The molecule has 9 heteroatoms. The van der Waals surface area contributed by atoms with Gasteiger partial charge in [-0.15, -0.1) is 0 Å². The summed E-state index contributed by atoms with van der Waals surface area (Å²) in [5.41, 5.74) is -0.224. The van der Waals surface area contributed by atoms with E-state index >= 15 is 0 Å². The second kappa shape index (κ2) is 7.76. The van der Waals surface area contributed by atoms with Crippen LogP contribution in [0.5, 0.6) is 0 Å². The first-order chi connectivity index (χ1) is 10.6. The lowest BCUT2D eigenvalue weighted by Gasteiger charge is -2.17. The van der Waals surface area contributed by atoms with Crippen molar-refractivity contribution in [3.8, 4) is 0 Å². The topological polar surface area (TPSA) is 110 Å². The van der Waals surface area contributed by atoms with Crippen molar-refractivity contribution < 1.29 is 27.9 Å². The number of esters is 1. The molecule has 0 radical (unpaired) electrons. The lowest BCUT2D eigenvalue weighted by molar-refractivity contribution is -0.139. The van der Waals surface area contributed by atoms with Gasteiger partial charge >= 0.3 is 11.9 Å². The van der Waals surface area contributed by atoms with Gasteiger partial charge in [0, 0.05) is 5.02 Å². The highest BCUT2D eigenvalue weighted by Gasteiger charge is 2.29. The second-order valence-corrected chi connectivity index (χ2v) is 7.39. The Hall–Kier alpha value is -1.64. The Morgan fingerprint density at radius 2 is 1.96 bits per heavy atom. The molecule has 0 spiro atoms. The van der Waals surface area contributed by atoms with Crippen molar-refractivity contribution in [2.24, 2.45) is 5.92 Å². The first-order valence-electron chi connectivity index (χ1n) is 6.71. The van der Waals surface area contributed by atoms with Gasteiger partial charge in [-0.3, -0.25) is 4.79 Å².